The van der Waals surface area contributed by atoms with Crippen LogP contribution in [0.2, 0.25) is 0 Å². The molecule has 4 rings (SSSR count). The Morgan fingerprint density at radius 2 is 1.73 bits per heavy atom. The van der Waals surface area contributed by atoms with Crippen molar-refractivity contribution in [2.24, 2.45) is 0 Å². The number of benzene rings is 3. The van der Waals surface area contributed by atoms with Crippen molar-refractivity contribution in [1.82, 2.24) is 4.90 Å². The fourth-order valence-corrected chi connectivity index (χ4v) is 3.80. The van der Waals surface area contributed by atoms with Gasteiger partial charge in [0.2, 0.25) is 0 Å². The molecule has 5 nitrogen and oxygen atoms in total. The van der Waals surface area contributed by atoms with Crippen LogP contribution in [-0.2, 0) is 11.3 Å². The van der Waals surface area contributed by atoms with Crippen LogP contribution in [-0.4, -0.2) is 23.3 Å². The molecule has 0 bridgehead atoms. The zero-order valence-corrected chi connectivity index (χ0v) is 16.9. The number of amides is 2. The first-order chi connectivity index (χ1) is 14.7. The maximum atomic E-state index is 12.8. The lowest BCUT2D eigenvalue weighted by molar-refractivity contribution is -0.135. The van der Waals surface area contributed by atoms with Crippen molar-refractivity contribution in [2.75, 3.05) is 11.9 Å². The van der Waals surface area contributed by atoms with Crippen molar-refractivity contribution >= 4 is 17.5 Å². The molecule has 0 saturated carbocycles. The molecule has 30 heavy (non-hydrogen) atoms. The lowest BCUT2D eigenvalue weighted by Gasteiger charge is -2.30. The molecule has 1 unspecified atom stereocenters. The molecular formula is C25H24N2O3. The molecule has 1 aliphatic rings. The van der Waals surface area contributed by atoms with E-state index >= 15 is 0 Å². The minimum absolute atomic E-state index is 0.00601. The molecule has 1 N–H and O–H groups in total. The predicted octanol–water partition coefficient (Wildman–Crippen LogP) is 4.81. The van der Waals surface area contributed by atoms with Gasteiger partial charge in [-0.1, -0.05) is 55.5 Å². The molecule has 3 aromatic rings. The van der Waals surface area contributed by atoms with Crippen LogP contribution in [0, 0.1) is 0 Å². The largest absolute Gasteiger partial charge is 0.483 e. The molecule has 1 heterocycles. The maximum Gasteiger partial charge on any atom is 0.261 e. The van der Waals surface area contributed by atoms with Crippen molar-refractivity contribution in [2.45, 2.75) is 25.9 Å². The third kappa shape index (κ3) is 4.20. The summed E-state index contributed by atoms with van der Waals surface area (Å²) in [5.41, 5.74) is 3.25. The van der Waals surface area contributed by atoms with E-state index in [-0.39, 0.29) is 24.5 Å². The summed E-state index contributed by atoms with van der Waals surface area (Å²) < 4.78 is 5.76. The standard InChI is InChI=1S/C25H24N2O3/c1-2-22(18-9-5-3-6-10-18)27-16-20-15-21(13-14-23(20)30-17-24(27)28)26-25(29)19-11-7-4-8-12-19/h3-15,22H,2,16-17H2,1H3,(H,26,29). The fraction of sp³-hybridized carbons (Fsp3) is 0.200. The molecule has 0 fully saturated rings. The molecule has 0 spiro atoms. The van der Waals surface area contributed by atoms with E-state index in [1.54, 1.807) is 18.2 Å². The summed E-state index contributed by atoms with van der Waals surface area (Å²) in [5, 5.41) is 2.93. The van der Waals surface area contributed by atoms with Gasteiger partial charge in [0.25, 0.3) is 11.8 Å². The highest BCUT2D eigenvalue weighted by Crippen LogP contribution is 2.32. The quantitative estimate of drug-likeness (QED) is 0.669. The van der Waals surface area contributed by atoms with Crippen molar-refractivity contribution in [3.8, 4) is 5.75 Å². The Balaban J connectivity index is 1.59. The fourth-order valence-electron chi connectivity index (χ4n) is 3.80. The van der Waals surface area contributed by atoms with E-state index in [9.17, 15) is 9.59 Å². The smallest absolute Gasteiger partial charge is 0.261 e. The number of hydrogen-bond acceptors (Lipinski definition) is 3. The number of carbonyl (C=O) groups is 2. The number of rotatable bonds is 5. The number of nitrogens with zero attached hydrogens (tertiary/aromatic N) is 1. The van der Waals surface area contributed by atoms with E-state index in [1.165, 1.54) is 0 Å². The van der Waals surface area contributed by atoms with Gasteiger partial charge in [-0.25, -0.2) is 0 Å². The molecule has 3 aromatic carbocycles. The van der Waals surface area contributed by atoms with Crippen LogP contribution in [0.4, 0.5) is 5.69 Å². The summed E-state index contributed by atoms with van der Waals surface area (Å²) in [5.74, 6) is 0.456. The van der Waals surface area contributed by atoms with Gasteiger partial charge in [-0.05, 0) is 42.3 Å². The van der Waals surface area contributed by atoms with E-state index in [0.29, 0.717) is 23.5 Å². The first-order valence-electron chi connectivity index (χ1n) is 10.1. The van der Waals surface area contributed by atoms with Crippen LogP contribution in [0.1, 0.15) is 40.9 Å². The van der Waals surface area contributed by atoms with Crippen LogP contribution in [0.3, 0.4) is 0 Å². The van der Waals surface area contributed by atoms with Gasteiger partial charge in [0.05, 0.1) is 12.6 Å². The SMILES string of the molecule is CCC(c1ccccc1)N1Cc2cc(NC(=O)c3ccccc3)ccc2OCC1=O. The molecule has 0 radical (unpaired) electrons. The Kier molecular flexibility index (Phi) is 5.80. The summed E-state index contributed by atoms with van der Waals surface area (Å²) in [6.45, 7) is 2.51. The van der Waals surface area contributed by atoms with Gasteiger partial charge in [0.15, 0.2) is 6.61 Å². The molecule has 2 amide bonds. The van der Waals surface area contributed by atoms with Gasteiger partial charge >= 0.3 is 0 Å². The second-order valence-corrected chi connectivity index (χ2v) is 7.29. The summed E-state index contributed by atoms with van der Waals surface area (Å²) in [6.07, 6.45) is 0.801. The average molecular weight is 400 g/mol. The van der Waals surface area contributed by atoms with Gasteiger partial charge in [0.1, 0.15) is 5.75 Å². The summed E-state index contributed by atoms with van der Waals surface area (Å²) in [6, 6.07) is 24.6. The number of nitrogens with one attached hydrogen (secondary N) is 1. The Morgan fingerprint density at radius 3 is 2.43 bits per heavy atom. The monoisotopic (exact) mass is 400 g/mol. The zero-order valence-electron chi connectivity index (χ0n) is 16.9. The normalized spacial score (nSPS) is 14.3. The van der Waals surface area contributed by atoms with Crippen molar-refractivity contribution in [1.29, 1.82) is 0 Å². The van der Waals surface area contributed by atoms with E-state index in [0.717, 1.165) is 17.5 Å². The van der Waals surface area contributed by atoms with Gasteiger partial charge < -0.3 is 15.0 Å². The summed E-state index contributed by atoms with van der Waals surface area (Å²) in [4.78, 5) is 27.2. The lowest BCUT2D eigenvalue weighted by Crippen LogP contribution is -2.35. The zero-order chi connectivity index (χ0) is 20.9. The van der Waals surface area contributed by atoms with Crippen LogP contribution >= 0.6 is 0 Å². The highest BCUT2D eigenvalue weighted by molar-refractivity contribution is 6.04. The highest BCUT2D eigenvalue weighted by Gasteiger charge is 2.28. The van der Waals surface area contributed by atoms with Crippen molar-refractivity contribution in [3.05, 3.63) is 95.6 Å². The Bertz CT molecular complexity index is 1030. The van der Waals surface area contributed by atoms with E-state index < -0.39 is 0 Å². The maximum absolute atomic E-state index is 12.8. The van der Waals surface area contributed by atoms with E-state index in [1.807, 2.05) is 65.6 Å². The molecule has 1 aliphatic heterocycles. The minimum Gasteiger partial charge on any atom is -0.483 e. The second kappa shape index (κ2) is 8.82. The molecule has 1 atom stereocenters. The molecular weight excluding hydrogens is 376 g/mol. The van der Waals surface area contributed by atoms with E-state index in [4.69, 9.17) is 4.74 Å². The predicted molar refractivity (Wildman–Crippen MR) is 116 cm³/mol. The Labute approximate surface area is 176 Å². The number of hydrogen-bond donors (Lipinski definition) is 1. The molecule has 0 saturated heterocycles. The first kappa shape index (κ1) is 19.7. The van der Waals surface area contributed by atoms with Crippen LogP contribution in [0.5, 0.6) is 5.75 Å². The van der Waals surface area contributed by atoms with Crippen molar-refractivity contribution in [3.63, 3.8) is 0 Å². The lowest BCUT2D eigenvalue weighted by atomic mass is 10.0. The van der Waals surface area contributed by atoms with Gasteiger partial charge in [-0.3, -0.25) is 9.59 Å². The van der Waals surface area contributed by atoms with Crippen LogP contribution in [0.25, 0.3) is 0 Å². The molecule has 0 aliphatic carbocycles. The number of carbonyl (C=O) groups excluding carboxylic acids is 2. The number of anilines is 1. The Hall–Kier alpha value is -3.60. The molecule has 152 valence electrons. The second-order valence-electron chi connectivity index (χ2n) is 7.29. The number of ether oxygens (including phenoxy) is 1. The molecule has 5 heteroatoms. The third-order valence-electron chi connectivity index (χ3n) is 5.31. The summed E-state index contributed by atoms with van der Waals surface area (Å²) in [7, 11) is 0. The van der Waals surface area contributed by atoms with Crippen LogP contribution < -0.4 is 10.1 Å². The minimum atomic E-state index is -0.172. The van der Waals surface area contributed by atoms with E-state index in [2.05, 4.69) is 12.2 Å². The molecule has 0 aromatic heterocycles. The van der Waals surface area contributed by atoms with Crippen molar-refractivity contribution < 1.29 is 14.3 Å². The first-order valence-corrected chi connectivity index (χ1v) is 10.1. The topological polar surface area (TPSA) is 58.6 Å². The highest BCUT2D eigenvalue weighted by atomic mass is 16.5. The van der Waals surface area contributed by atoms with Gasteiger partial charge in [-0.2, -0.15) is 0 Å². The van der Waals surface area contributed by atoms with Crippen LogP contribution in [0.15, 0.2) is 78.9 Å². The third-order valence-corrected chi connectivity index (χ3v) is 5.31. The van der Waals surface area contributed by atoms with Gasteiger partial charge in [-0.15, -0.1) is 0 Å². The van der Waals surface area contributed by atoms with Gasteiger partial charge in [0, 0.05) is 16.8 Å². The average Bonchev–Trinajstić information content (AvgIpc) is 2.94. The Morgan fingerprint density at radius 1 is 1.03 bits per heavy atom. The number of fused-ring (bicyclic) bond motifs is 1. The summed E-state index contributed by atoms with van der Waals surface area (Å²) >= 11 is 0.